The van der Waals surface area contributed by atoms with Gasteiger partial charge in [-0.1, -0.05) is 0 Å². The van der Waals surface area contributed by atoms with E-state index in [2.05, 4.69) is 0 Å². The van der Waals surface area contributed by atoms with Crippen molar-refractivity contribution in [3.63, 3.8) is 0 Å². The smallest absolute Gasteiger partial charge is 0.289 e. The summed E-state index contributed by atoms with van der Waals surface area (Å²) in [5.41, 5.74) is 0. The number of nitrogens with zero attached hydrogens (tertiary/aromatic N) is 2. The summed E-state index contributed by atoms with van der Waals surface area (Å²) in [6.07, 6.45) is 1.25. The Labute approximate surface area is 78.5 Å². The zero-order valence-electron chi connectivity index (χ0n) is 8.25. The number of hydrogen-bond donors (Lipinski definition) is 0. The van der Waals surface area contributed by atoms with Gasteiger partial charge in [0.25, 0.3) is 5.91 Å². The number of hydrogen-bond acceptors (Lipinski definition) is 3. The summed E-state index contributed by atoms with van der Waals surface area (Å²) in [6.45, 7) is 2.22. The normalized spacial score (nSPS) is 18.5. The number of Topliss-reactive ketones (excluding diaryl/α,β-unsaturated/α-hetero) is 1. The van der Waals surface area contributed by atoms with Crippen LogP contribution in [0.5, 0.6) is 0 Å². The molecule has 1 amide bonds. The van der Waals surface area contributed by atoms with Gasteiger partial charge in [-0.05, 0) is 20.5 Å². The predicted octanol–water partition coefficient (Wildman–Crippen LogP) is -0.261. The summed E-state index contributed by atoms with van der Waals surface area (Å²) < 4.78 is 0. The maximum Gasteiger partial charge on any atom is 0.289 e. The van der Waals surface area contributed by atoms with Gasteiger partial charge < -0.3 is 9.80 Å². The molecule has 4 nitrogen and oxygen atoms in total. The number of piperidine rings is 1. The molecule has 0 aromatic rings. The molecule has 0 spiro atoms. The first-order valence-electron chi connectivity index (χ1n) is 4.58. The van der Waals surface area contributed by atoms with Gasteiger partial charge in [0.05, 0.1) is 0 Å². The highest BCUT2D eigenvalue weighted by atomic mass is 16.2. The van der Waals surface area contributed by atoms with Crippen LogP contribution in [-0.2, 0) is 9.59 Å². The number of rotatable bonds is 3. The highest BCUT2D eigenvalue weighted by Gasteiger charge is 2.25. The van der Waals surface area contributed by atoms with Crippen molar-refractivity contribution in [2.45, 2.75) is 12.8 Å². The van der Waals surface area contributed by atoms with E-state index in [-0.39, 0.29) is 11.7 Å². The number of carbonyl (C=O) groups is 2. The molecule has 0 saturated carbocycles. The lowest BCUT2D eigenvalue weighted by atomic mass is 10.1. The summed E-state index contributed by atoms with van der Waals surface area (Å²) in [6, 6.07) is 0. The molecule has 0 N–H and O–H groups in total. The molecule has 0 unspecified atom stereocenters. The SMILES string of the molecule is CN(C)CCN1CCCC(=O)C1=O. The van der Waals surface area contributed by atoms with E-state index in [1.165, 1.54) is 0 Å². The third kappa shape index (κ3) is 2.81. The molecule has 0 aromatic carbocycles. The van der Waals surface area contributed by atoms with Gasteiger partial charge in [-0.15, -0.1) is 0 Å². The van der Waals surface area contributed by atoms with E-state index in [1.54, 1.807) is 4.90 Å². The fourth-order valence-electron chi connectivity index (χ4n) is 1.35. The first kappa shape index (κ1) is 10.2. The van der Waals surface area contributed by atoms with Gasteiger partial charge in [0.1, 0.15) is 0 Å². The first-order chi connectivity index (χ1) is 6.11. The fraction of sp³-hybridized carbons (Fsp3) is 0.778. The van der Waals surface area contributed by atoms with E-state index in [0.717, 1.165) is 19.5 Å². The second kappa shape index (κ2) is 4.37. The van der Waals surface area contributed by atoms with Crippen LogP contribution in [0.2, 0.25) is 0 Å². The molecule has 0 atom stereocenters. The summed E-state index contributed by atoms with van der Waals surface area (Å²) in [4.78, 5) is 26.0. The Hall–Kier alpha value is -0.900. The summed E-state index contributed by atoms with van der Waals surface area (Å²) in [5, 5.41) is 0. The van der Waals surface area contributed by atoms with Crippen LogP contribution < -0.4 is 0 Å². The Morgan fingerprint density at radius 1 is 1.38 bits per heavy atom. The predicted molar refractivity (Wildman–Crippen MR) is 49.4 cm³/mol. The van der Waals surface area contributed by atoms with Gasteiger partial charge in [-0.3, -0.25) is 9.59 Å². The van der Waals surface area contributed by atoms with E-state index < -0.39 is 0 Å². The third-order valence-corrected chi connectivity index (χ3v) is 2.17. The van der Waals surface area contributed by atoms with Crippen molar-refractivity contribution in [2.24, 2.45) is 0 Å². The lowest BCUT2D eigenvalue weighted by molar-refractivity contribution is -0.147. The number of amides is 1. The second-order valence-electron chi connectivity index (χ2n) is 3.62. The number of likely N-dealkylation sites (tertiary alicyclic amines) is 1. The minimum Gasteiger partial charge on any atom is -0.335 e. The fourth-order valence-corrected chi connectivity index (χ4v) is 1.35. The lowest BCUT2D eigenvalue weighted by Crippen LogP contribution is -2.44. The molecule has 1 aliphatic heterocycles. The van der Waals surface area contributed by atoms with Gasteiger partial charge in [-0.25, -0.2) is 0 Å². The highest BCUT2D eigenvalue weighted by Crippen LogP contribution is 2.06. The van der Waals surface area contributed by atoms with Gasteiger partial charge in [0.15, 0.2) is 0 Å². The molecule has 1 aliphatic rings. The third-order valence-electron chi connectivity index (χ3n) is 2.17. The monoisotopic (exact) mass is 184 g/mol. The van der Waals surface area contributed by atoms with Crippen molar-refractivity contribution in [3.8, 4) is 0 Å². The van der Waals surface area contributed by atoms with E-state index in [1.807, 2.05) is 19.0 Å². The quantitative estimate of drug-likeness (QED) is 0.567. The zero-order chi connectivity index (χ0) is 9.84. The van der Waals surface area contributed by atoms with Crippen LogP contribution in [0, 0.1) is 0 Å². The molecule has 1 fully saturated rings. The van der Waals surface area contributed by atoms with Crippen molar-refractivity contribution in [2.75, 3.05) is 33.7 Å². The summed E-state index contributed by atoms with van der Waals surface area (Å²) in [7, 11) is 3.91. The molecule has 0 radical (unpaired) electrons. The van der Waals surface area contributed by atoms with E-state index in [9.17, 15) is 9.59 Å². The molecule has 1 saturated heterocycles. The van der Waals surface area contributed by atoms with Crippen molar-refractivity contribution >= 4 is 11.7 Å². The standard InChI is InChI=1S/C9H16N2O2/c1-10(2)6-7-11-5-3-4-8(12)9(11)13/h3-7H2,1-2H3. The molecule has 0 aromatic heterocycles. The molecular formula is C9H16N2O2. The molecule has 4 heteroatoms. The van der Waals surface area contributed by atoms with Crippen LogP contribution in [0.25, 0.3) is 0 Å². The minimum atomic E-state index is -0.298. The van der Waals surface area contributed by atoms with Gasteiger partial charge >= 0.3 is 0 Å². The van der Waals surface area contributed by atoms with E-state index >= 15 is 0 Å². The molecule has 1 heterocycles. The van der Waals surface area contributed by atoms with Gasteiger partial charge in [0, 0.05) is 26.1 Å². The van der Waals surface area contributed by atoms with Crippen LogP contribution in [0.4, 0.5) is 0 Å². The van der Waals surface area contributed by atoms with Crippen molar-refractivity contribution in [1.29, 1.82) is 0 Å². The Morgan fingerprint density at radius 2 is 2.08 bits per heavy atom. The average molecular weight is 184 g/mol. The second-order valence-corrected chi connectivity index (χ2v) is 3.62. The highest BCUT2D eigenvalue weighted by molar-refractivity contribution is 6.36. The Morgan fingerprint density at radius 3 is 2.69 bits per heavy atom. The van der Waals surface area contributed by atoms with Crippen LogP contribution >= 0.6 is 0 Å². The largest absolute Gasteiger partial charge is 0.335 e. The minimum absolute atomic E-state index is 0.231. The molecular weight excluding hydrogens is 168 g/mol. The number of ketones is 1. The summed E-state index contributed by atoms with van der Waals surface area (Å²) in [5.74, 6) is -0.530. The van der Waals surface area contributed by atoms with Gasteiger partial charge in [-0.2, -0.15) is 0 Å². The number of carbonyl (C=O) groups excluding carboxylic acids is 2. The summed E-state index contributed by atoms with van der Waals surface area (Å²) >= 11 is 0. The van der Waals surface area contributed by atoms with Crippen molar-refractivity contribution in [3.05, 3.63) is 0 Å². The van der Waals surface area contributed by atoms with Crippen LogP contribution in [0.3, 0.4) is 0 Å². The lowest BCUT2D eigenvalue weighted by Gasteiger charge is -2.26. The molecule has 1 rings (SSSR count). The Bertz CT molecular complexity index is 214. The first-order valence-corrected chi connectivity index (χ1v) is 4.58. The molecule has 74 valence electrons. The van der Waals surface area contributed by atoms with Crippen molar-refractivity contribution in [1.82, 2.24) is 9.80 Å². The van der Waals surface area contributed by atoms with Crippen LogP contribution in [0.1, 0.15) is 12.8 Å². The van der Waals surface area contributed by atoms with Crippen LogP contribution in [-0.4, -0.2) is 55.2 Å². The molecule has 13 heavy (non-hydrogen) atoms. The topological polar surface area (TPSA) is 40.6 Å². The maximum absolute atomic E-state index is 11.3. The maximum atomic E-state index is 11.3. The van der Waals surface area contributed by atoms with E-state index in [4.69, 9.17) is 0 Å². The van der Waals surface area contributed by atoms with Gasteiger partial charge in [0.2, 0.25) is 5.78 Å². The number of likely N-dealkylation sites (N-methyl/N-ethyl adjacent to an activating group) is 1. The van der Waals surface area contributed by atoms with Crippen molar-refractivity contribution < 1.29 is 9.59 Å². The Balaban J connectivity index is 2.40. The van der Waals surface area contributed by atoms with Crippen LogP contribution in [0.15, 0.2) is 0 Å². The van der Waals surface area contributed by atoms with E-state index in [0.29, 0.717) is 13.0 Å². The molecule has 0 aliphatic carbocycles. The molecule has 0 bridgehead atoms. The zero-order valence-corrected chi connectivity index (χ0v) is 8.25. The average Bonchev–Trinajstić information content (AvgIpc) is 2.07. The Kier molecular flexibility index (Phi) is 3.42.